The van der Waals surface area contributed by atoms with Crippen molar-refractivity contribution < 1.29 is 39.1 Å². The van der Waals surface area contributed by atoms with Gasteiger partial charge >= 0.3 is 0 Å². The molecule has 0 amide bonds. The molecule has 0 aliphatic carbocycles. The number of ether oxygens (including phenoxy) is 3. The van der Waals surface area contributed by atoms with E-state index in [1.54, 1.807) is 31.2 Å². The van der Waals surface area contributed by atoms with Crippen LogP contribution in [0, 0.1) is 0 Å². The van der Waals surface area contributed by atoms with Crippen molar-refractivity contribution in [3.63, 3.8) is 0 Å². The highest BCUT2D eigenvalue weighted by Gasteiger charge is 2.49. The maximum Gasteiger partial charge on any atom is 0.185 e. The summed E-state index contributed by atoms with van der Waals surface area (Å²) in [7, 11) is 1.44. The van der Waals surface area contributed by atoms with E-state index in [1.807, 2.05) is 6.07 Å². The monoisotopic (exact) mass is 377 g/mol. The van der Waals surface area contributed by atoms with Gasteiger partial charge in [-0.1, -0.05) is 35.4 Å². The molecule has 1 aromatic rings. The molecule has 6 atom stereocenters. The van der Waals surface area contributed by atoms with Crippen LogP contribution in [0.5, 0.6) is 0 Å². The van der Waals surface area contributed by atoms with Gasteiger partial charge in [0, 0.05) is 13.7 Å². The van der Waals surface area contributed by atoms with E-state index in [-0.39, 0.29) is 0 Å². The minimum Gasteiger partial charge on any atom is -0.389 e. The summed E-state index contributed by atoms with van der Waals surface area (Å²) < 4.78 is 23.8. The first-order valence-electron chi connectivity index (χ1n) is 7.74. The van der Waals surface area contributed by atoms with Gasteiger partial charge in [-0.05, 0) is 12.5 Å². The van der Waals surface area contributed by atoms with Crippen LogP contribution in [0.1, 0.15) is 18.6 Å². The maximum absolute atomic E-state index is 10.7. The van der Waals surface area contributed by atoms with Crippen LogP contribution in [0.4, 0.5) is 0 Å². The van der Waals surface area contributed by atoms with Crippen molar-refractivity contribution in [2.45, 2.75) is 43.7 Å². The highest BCUT2D eigenvalue weighted by molar-refractivity contribution is 7.92. The van der Waals surface area contributed by atoms with Crippen molar-refractivity contribution >= 4 is 12.2 Å². The van der Waals surface area contributed by atoms with Gasteiger partial charge in [-0.3, -0.25) is 0 Å². The molecule has 142 valence electrons. The summed E-state index contributed by atoms with van der Waals surface area (Å²) in [6, 6.07) is 8.12. The summed E-state index contributed by atoms with van der Waals surface area (Å²) >= 11 is 0.560. The largest absolute Gasteiger partial charge is 0.389 e. The molecule has 25 heavy (non-hydrogen) atoms. The molecule has 5 unspecified atom stereocenters. The Morgan fingerprint density at radius 3 is 2.64 bits per heavy atom. The molecule has 9 nitrogen and oxygen atoms in total. The lowest BCUT2D eigenvalue weighted by molar-refractivity contribution is -0.432. The Balaban J connectivity index is 2.20. The zero-order chi connectivity index (χ0) is 18.2. The second kappa shape index (κ2) is 10.4. The third kappa shape index (κ3) is 5.11. The predicted molar refractivity (Wildman–Crippen MR) is 87.8 cm³/mol. The van der Waals surface area contributed by atoms with E-state index in [0.717, 1.165) is 0 Å². The van der Waals surface area contributed by atoms with Crippen LogP contribution >= 0.6 is 12.2 Å². The van der Waals surface area contributed by atoms with Crippen LogP contribution in [-0.4, -0.2) is 59.8 Å². The van der Waals surface area contributed by atoms with Crippen molar-refractivity contribution in [3.05, 3.63) is 35.9 Å². The van der Waals surface area contributed by atoms with Crippen molar-refractivity contribution in [1.82, 2.24) is 4.72 Å². The smallest absolute Gasteiger partial charge is 0.185 e. The first-order chi connectivity index (χ1) is 12.1. The van der Waals surface area contributed by atoms with Gasteiger partial charge in [0.15, 0.2) is 6.29 Å². The second-order valence-electron chi connectivity index (χ2n) is 5.34. The lowest BCUT2D eigenvalue weighted by Gasteiger charge is -2.45. The standard InChI is InChI=1S/C15H23NO8S/c1-3-21-13-10(16-25-24-23-19)12(18)14(22-15(13)20-2)11(17)9-7-5-4-6-8-9/h4-8,10-19H,3H2,1-2H3/t10?,11-,12?,13?,14?,15?/m0/s1. The second-order valence-corrected chi connectivity index (χ2v) is 5.88. The fraction of sp³-hybridized carbons (Fsp3) is 0.600. The van der Waals surface area contributed by atoms with Gasteiger partial charge in [0.1, 0.15) is 36.6 Å². The molecule has 1 aliphatic heterocycles. The van der Waals surface area contributed by atoms with E-state index in [2.05, 4.69) is 14.1 Å². The van der Waals surface area contributed by atoms with E-state index < -0.39 is 36.7 Å². The summed E-state index contributed by atoms with van der Waals surface area (Å²) in [4.78, 5) is 0. The number of hydrogen-bond acceptors (Lipinski definition) is 10. The Bertz CT molecular complexity index is 496. The topological polar surface area (TPSA) is 119 Å². The SMILES string of the molecule is CCOC1C(OC)OC([C@@H](O)c2ccccc2)C(O)C1NSOOO. The zero-order valence-electron chi connectivity index (χ0n) is 13.8. The van der Waals surface area contributed by atoms with Crippen LogP contribution in [0.25, 0.3) is 0 Å². The van der Waals surface area contributed by atoms with Gasteiger partial charge in [0.05, 0.1) is 6.04 Å². The molecule has 0 spiro atoms. The van der Waals surface area contributed by atoms with Crippen LogP contribution < -0.4 is 4.72 Å². The third-order valence-electron chi connectivity index (χ3n) is 3.91. The molecule has 1 aromatic carbocycles. The van der Waals surface area contributed by atoms with Crippen molar-refractivity contribution in [2.24, 2.45) is 0 Å². The average molecular weight is 377 g/mol. The van der Waals surface area contributed by atoms with Crippen molar-refractivity contribution in [1.29, 1.82) is 0 Å². The van der Waals surface area contributed by atoms with Crippen LogP contribution in [-0.2, 0) is 23.6 Å². The van der Waals surface area contributed by atoms with E-state index >= 15 is 0 Å². The quantitative estimate of drug-likeness (QED) is 0.162. The fourth-order valence-corrected chi connectivity index (χ4v) is 3.23. The molecule has 1 saturated heterocycles. The molecule has 1 aliphatic rings. The van der Waals surface area contributed by atoms with E-state index in [9.17, 15) is 10.2 Å². The highest BCUT2D eigenvalue weighted by Crippen LogP contribution is 2.32. The number of rotatable bonds is 9. The van der Waals surface area contributed by atoms with Gasteiger partial charge in [0.2, 0.25) is 0 Å². The van der Waals surface area contributed by atoms with Gasteiger partial charge in [-0.2, -0.15) is 0 Å². The molecule has 0 saturated carbocycles. The fourth-order valence-electron chi connectivity index (χ4n) is 2.77. The molecule has 1 fully saturated rings. The Morgan fingerprint density at radius 1 is 1.32 bits per heavy atom. The highest BCUT2D eigenvalue weighted by atomic mass is 32.2. The summed E-state index contributed by atoms with van der Waals surface area (Å²) in [5.41, 5.74) is 0.595. The summed E-state index contributed by atoms with van der Waals surface area (Å²) in [6.07, 6.45) is -4.73. The number of nitrogens with one attached hydrogen (secondary N) is 1. The Kier molecular flexibility index (Phi) is 8.52. The minimum absolute atomic E-state index is 0.354. The van der Waals surface area contributed by atoms with E-state index in [0.29, 0.717) is 24.4 Å². The molecule has 2 rings (SSSR count). The van der Waals surface area contributed by atoms with Crippen LogP contribution in [0.2, 0.25) is 0 Å². The van der Waals surface area contributed by atoms with Crippen molar-refractivity contribution in [3.8, 4) is 0 Å². The lowest BCUT2D eigenvalue weighted by Crippen LogP contribution is -2.64. The average Bonchev–Trinajstić information content (AvgIpc) is 2.64. The zero-order valence-corrected chi connectivity index (χ0v) is 14.7. The van der Waals surface area contributed by atoms with Gasteiger partial charge in [0.25, 0.3) is 0 Å². The first-order valence-corrected chi connectivity index (χ1v) is 8.48. The van der Waals surface area contributed by atoms with Crippen molar-refractivity contribution in [2.75, 3.05) is 13.7 Å². The van der Waals surface area contributed by atoms with E-state index in [4.69, 9.17) is 19.5 Å². The van der Waals surface area contributed by atoms with Gasteiger partial charge in [-0.15, -0.1) is 4.33 Å². The first kappa shape index (κ1) is 20.5. The van der Waals surface area contributed by atoms with E-state index in [1.165, 1.54) is 7.11 Å². The maximum atomic E-state index is 10.7. The Morgan fingerprint density at radius 2 is 2.04 bits per heavy atom. The molecular formula is C15H23NO8S. The molecular weight excluding hydrogens is 354 g/mol. The van der Waals surface area contributed by atoms with Crippen LogP contribution in [0.3, 0.4) is 0 Å². The Hall–Kier alpha value is -0.790. The number of aliphatic hydroxyl groups is 2. The predicted octanol–water partition coefficient (Wildman–Crippen LogP) is 0.800. The molecule has 4 N–H and O–H groups in total. The number of benzene rings is 1. The van der Waals surface area contributed by atoms with Gasteiger partial charge < -0.3 is 24.4 Å². The minimum atomic E-state index is -1.16. The molecule has 10 heteroatoms. The summed E-state index contributed by atoms with van der Waals surface area (Å²) in [6.45, 7) is 2.15. The summed E-state index contributed by atoms with van der Waals surface area (Å²) in [5.74, 6) is 0. The Labute approximate surface area is 150 Å². The number of methoxy groups -OCH3 is 1. The summed E-state index contributed by atoms with van der Waals surface area (Å²) in [5, 5.41) is 33.1. The number of hydrogen-bond donors (Lipinski definition) is 4. The normalized spacial score (nSPS) is 31.0. The molecule has 0 bridgehead atoms. The lowest BCUT2D eigenvalue weighted by atomic mass is 9.90. The molecule has 0 aromatic heterocycles. The number of aliphatic hydroxyl groups excluding tert-OH is 2. The molecule has 0 radical (unpaired) electrons. The van der Waals surface area contributed by atoms with Crippen LogP contribution in [0.15, 0.2) is 30.3 Å². The van der Waals surface area contributed by atoms with Gasteiger partial charge in [-0.25, -0.2) is 9.98 Å². The third-order valence-corrected chi connectivity index (χ3v) is 4.41. The molecule has 1 heterocycles.